The van der Waals surface area contributed by atoms with Gasteiger partial charge < -0.3 is 14.1 Å². The van der Waals surface area contributed by atoms with Gasteiger partial charge in [-0.2, -0.15) is 0 Å². The summed E-state index contributed by atoms with van der Waals surface area (Å²) in [6, 6.07) is 1.76. The molecule has 94 valence electrons. The monoisotopic (exact) mass is 365 g/mol. The van der Waals surface area contributed by atoms with Crippen molar-refractivity contribution in [3.8, 4) is 0 Å². The molecule has 1 fully saturated rings. The maximum absolute atomic E-state index is 12.3. The van der Waals surface area contributed by atoms with Crippen molar-refractivity contribution >= 4 is 37.8 Å². The summed E-state index contributed by atoms with van der Waals surface area (Å²) >= 11 is 6.61. The molecule has 1 aromatic heterocycles. The second-order valence-electron chi connectivity index (χ2n) is 4.02. The van der Waals surface area contributed by atoms with Crippen LogP contribution in [0.25, 0.3) is 0 Å². The first kappa shape index (κ1) is 13.1. The molecule has 0 saturated carbocycles. The minimum absolute atomic E-state index is 0.0209. The van der Waals surface area contributed by atoms with Crippen molar-refractivity contribution in [1.82, 2.24) is 4.90 Å². The molecular weight excluding hydrogens is 354 g/mol. The molecule has 2 heterocycles. The molecule has 0 radical (unpaired) electrons. The molecule has 17 heavy (non-hydrogen) atoms. The molecule has 2 rings (SSSR count). The van der Waals surface area contributed by atoms with Gasteiger partial charge in [-0.25, -0.2) is 0 Å². The molecule has 0 aliphatic carbocycles. The molecule has 1 aliphatic rings. The maximum atomic E-state index is 12.3. The van der Waals surface area contributed by atoms with E-state index in [-0.39, 0.29) is 18.1 Å². The number of alkyl halides is 1. The molecule has 2 unspecified atom stereocenters. The zero-order valence-corrected chi connectivity index (χ0v) is 12.5. The fraction of sp³-hybridized carbons (Fsp3) is 0.545. The smallest absolute Gasteiger partial charge is 0.258 e. The lowest BCUT2D eigenvalue weighted by molar-refractivity contribution is -0.0362. The van der Waals surface area contributed by atoms with E-state index in [1.165, 1.54) is 6.26 Å². The van der Waals surface area contributed by atoms with Gasteiger partial charge >= 0.3 is 0 Å². The van der Waals surface area contributed by atoms with Gasteiger partial charge in [-0.15, -0.1) is 0 Å². The Bertz CT molecular complexity index is 407. The highest BCUT2D eigenvalue weighted by atomic mass is 79.9. The van der Waals surface area contributed by atoms with Crippen LogP contribution in [-0.2, 0) is 4.74 Å². The standard InChI is InChI=1S/C11H13Br2NO3/c1-7-6-17-8(4-12)5-14(7)11(15)9-2-3-16-10(9)13/h2-3,7-8H,4-6H2,1H3. The number of rotatable bonds is 2. The summed E-state index contributed by atoms with van der Waals surface area (Å²) in [6.07, 6.45) is 1.56. The second-order valence-corrected chi connectivity index (χ2v) is 5.39. The number of furan rings is 1. The van der Waals surface area contributed by atoms with Crippen LogP contribution < -0.4 is 0 Å². The number of halogens is 2. The number of hydrogen-bond acceptors (Lipinski definition) is 3. The lowest BCUT2D eigenvalue weighted by atomic mass is 10.1. The SMILES string of the molecule is CC1COC(CBr)CN1C(=O)c1ccoc1Br. The average Bonchev–Trinajstić information content (AvgIpc) is 2.75. The normalized spacial score (nSPS) is 25.0. The Morgan fingerprint density at radius 3 is 3.00 bits per heavy atom. The zero-order valence-electron chi connectivity index (χ0n) is 9.36. The minimum atomic E-state index is -0.0209. The highest BCUT2D eigenvalue weighted by molar-refractivity contribution is 9.10. The van der Waals surface area contributed by atoms with Crippen molar-refractivity contribution in [3.05, 3.63) is 22.6 Å². The van der Waals surface area contributed by atoms with Crippen molar-refractivity contribution in [2.45, 2.75) is 19.1 Å². The van der Waals surface area contributed by atoms with Gasteiger partial charge in [0.25, 0.3) is 5.91 Å². The first-order valence-corrected chi connectivity index (χ1v) is 7.26. The fourth-order valence-corrected chi connectivity index (χ4v) is 2.60. The molecule has 1 amide bonds. The van der Waals surface area contributed by atoms with Gasteiger partial charge in [0, 0.05) is 11.9 Å². The molecule has 0 aromatic carbocycles. The van der Waals surface area contributed by atoms with Crippen LogP contribution in [0.1, 0.15) is 17.3 Å². The van der Waals surface area contributed by atoms with Crippen molar-refractivity contribution < 1.29 is 13.9 Å². The zero-order chi connectivity index (χ0) is 12.4. The van der Waals surface area contributed by atoms with E-state index < -0.39 is 0 Å². The number of hydrogen-bond donors (Lipinski definition) is 0. The summed E-state index contributed by atoms with van der Waals surface area (Å²) in [5.41, 5.74) is 0.562. The highest BCUT2D eigenvalue weighted by Gasteiger charge is 2.31. The van der Waals surface area contributed by atoms with Crippen LogP contribution in [-0.4, -0.2) is 41.4 Å². The Hall–Kier alpha value is -0.330. The molecular formula is C11H13Br2NO3. The predicted molar refractivity (Wildman–Crippen MR) is 70.4 cm³/mol. The summed E-state index contributed by atoms with van der Waals surface area (Å²) in [4.78, 5) is 14.1. The van der Waals surface area contributed by atoms with Crippen molar-refractivity contribution in [2.24, 2.45) is 0 Å². The van der Waals surface area contributed by atoms with Gasteiger partial charge in [0.15, 0.2) is 4.67 Å². The molecule has 0 bridgehead atoms. The molecule has 0 spiro atoms. The summed E-state index contributed by atoms with van der Waals surface area (Å²) in [7, 11) is 0. The Kier molecular flexibility index (Phi) is 4.27. The molecule has 0 N–H and O–H groups in total. The van der Waals surface area contributed by atoms with Gasteiger partial charge in [-0.05, 0) is 28.9 Å². The van der Waals surface area contributed by atoms with Crippen molar-refractivity contribution in [2.75, 3.05) is 18.5 Å². The first-order valence-electron chi connectivity index (χ1n) is 5.35. The lowest BCUT2D eigenvalue weighted by Gasteiger charge is -2.37. The van der Waals surface area contributed by atoms with Crippen molar-refractivity contribution in [1.29, 1.82) is 0 Å². The molecule has 2 atom stereocenters. The summed E-state index contributed by atoms with van der Waals surface area (Å²) < 4.78 is 11.2. The molecule has 1 saturated heterocycles. The van der Waals surface area contributed by atoms with Gasteiger partial charge in [0.2, 0.25) is 0 Å². The van der Waals surface area contributed by atoms with E-state index in [9.17, 15) is 4.79 Å². The summed E-state index contributed by atoms with van der Waals surface area (Å²) in [5.74, 6) is -0.0209. The molecule has 6 heteroatoms. The number of morpholine rings is 1. The van der Waals surface area contributed by atoms with Gasteiger partial charge in [0.05, 0.1) is 30.6 Å². The van der Waals surface area contributed by atoms with E-state index in [1.54, 1.807) is 6.07 Å². The van der Waals surface area contributed by atoms with Crippen LogP contribution in [0.5, 0.6) is 0 Å². The Morgan fingerprint density at radius 1 is 1.65 bits per heavy atom. The van der Waals surface area contributed by atoms with Crippen LogP contribution in [0, 0.1) is 0 Å². The van der Waals surface area contributed by atoms with E-state index in [1.807, 2.05) is 11.8 Å². The van der Waals surface area contributed by atoms with Crippen LogP contribution in [0.3, 0.4) is 0 Å². The first-order chi connectivity index (χ1) is 8.13. The van der Waals surface area contributed by atoms with E-state index in [0.29, 0.717) is 23.4 Å². The third-order valence-electron chi connectivity index (χ3n) is 2.79. The van der Waals surface area contributed by atoms with E-state index >= 15 is 0 Å². The molecule has 1 aliphatic heterocycles. The molecule has 4 nitrogen and oxygen atoms in total. The number of nitrogens with zero attached hydrogens (tertiary/aromatic N) is 1. The topological polar surface area (TPSA) is 42.7 Å². The minimum Gasteiger partial charge on any atom is -0.457 e. The fourth-order valence-electron chi connectivity index (χ4n) is 1.79. The maximum Gasteiger partial charge on any atom is 0.258 e. The third-order valence-corrected chi connectivity index (χ3v) is 4.12. The van der Waals surface area contributed by atoms with Crippen molar-refractivity contribution in [3.63, 3.8) is 0 Å². The Morgan fingerprint density at radius 2 is 2.41 bits per heavy atom. The quantitative estimate of drug-likeness (QED) is 0.755. The summed E-state index contributed by atoms with van der Waals surface area (Å²) in [5, 5.41) is 0.732. The Balaban J connectivity index is 2.15. The Labute approximate surface area is 117 Å². The van der Waals surface area contributed by atoms with E-state index in [0.717, 1.165) is 5.33 Å². The lowest BCUT2D eigenvalue weighted by Crippen LogP contribution is -2.51. The van der Waals surface area contributed by atoms with Gasteiger partial charge in [0.1, 0.15) is 0 Å². The van der Waals surface area contributed by atoms with E-state index in [4.69, 9.17) is 9.15 Å². The summed E-state index contributed by atoms with van der Waals surface area (Å²) in [6.45, 7) is 3.15. The van der Waals surface area contributed by atoms with Gasteiger partial charge in [-0.3, -0.25) is 4.79 Å². The second kappa shape index (κ2) is 5.54. The third kappa shape index (κ3) is 2.74. The van der Waals surface area contributed by atoms with Crippen LogP contribution in [0.15, 0.2) is 21.4 Å². The number of amides is 1. The number of carbonyl (C=O) groups excluding carboxylic acids is 1. The average molecular weight is 367 g/mol. The van der Waals surface area contributed by atoms with Crippen LogP contribution in [0.4, 0.5) is 0 Å². The van der Waals surface area contributed by atoms with Gasteiger partial charge in [-0.1, -0.05) is 15.9 Å². The molecule has 1 aromatic rings. The van der Waals surface area contributed by atoms with E-state index in [2.05, 4.69) is 31.9 Å². The largest absolute Gasteiger partial charge is 0.457 e. The number of ether oxygens (including phenoxy) is 1. The predicted octanol–water partition coefficient (Wildman–Crippen LogP) is 2.67. The number of carbonyl (C=O) groups is 1. The van der Waals surface area contributed by atoms with Crippen LogP contribution in [0.2, 0.25) is 0 Å². The van der Waals surface area contributed by atoms with Crippen LogP contribution >= 0.6 is 31.9 Å². The highest BCUT2D eigenvalue weighted by Crippen LogP contribution is 2.22.